The summed E-state index contributed by atoms with van der Waals surface area (Å²) in [6, 6.07) is 1.24. The normalized spacial score (nSPS) is 19.9. The van der Waals surface area contributed by atoms with Crippen LogP contribution in [0.5, 0.6) is 0 Å². The van der Waals surface area contributed by atoms with E-state index in [9.17, 15) is 41.5 Å². The zero-order valence-electron chi connectivity index (χ0n) is 21.2. The van der Waals surface area contributed by atoms with Crippen molar-refractivity contribution in [1.82, 2.24) is 15.1 Å². The number of halogens is 4. The average molecular weight is 574 g/mol. The molecule has 1 aromatic rings. The van der Waals surface area contributed by atoms with Gasteiger partial charge in [-0.2, -0.15) is 13.2 Å². The molecule has 0 radical (unpaired) electrons. The molecular formula is C24H26F4N4O8. The Morgan fingerprint density at radius 3 is 2.27 bits per heavy atom. The first kappa shape index (κ1) is 30.5. The monoisotopic (exact) mass is 574 g/mol. The number of aliphatic carboxylic acids is 1. The number of nitrogens with one attached hydrogen (secondary N) is 2. The number of likely N-dealkylation sites (tertiary alicyclic amines) is 1. The van der Waals surface area contributed by atoms with E-state index < -0.39 is 47.6 Å². The SMILES string of the molecule is COC(=O)C1CCN(CCNc2c(F)ccc3c2C(=O)N(C2CCC(=O)NC2=O)C3=O)CC1.O=C(O)C(F)(F)F. The number of carboxylic acid groups (broad SMARTS) is 1. The molecule has 4 amide bonds. The van der Waals surface area contributed by atoms with Gasteiger partial charge in [-0.05, 0) is 44.5 Å². The number of methoxy groups -OCH3 is 1. The van der Waals surface area contributed by atoms with E-state index in [0.717, 1.165) is 11.0 Å². The molecule has 2 fully saturated rings. The molecule has 0 aliphatic carbocycles. The number of piperidine rings is 2. The van der Waals surface area contributed by atoms with Crippen molar-refractivity contribution in [3.05, 3.63) is 29.1 Å². The standard InChI is InChI=1S/C22H25FN4O6.C2HF3O2/c1-33-22(32)12-6-9-26(10-7-12)11-8-24-18-14(23)3-2-13-17(18)21(31)27(20(13)30)15-4-5-16(28)25-19(15)29;3-2(4,5)1(6)7/h2-3,12,15,24H,4-11H2,1H3,(H,25,28,29);(H,6,7). The van der Waals surface area contributed by atoms with Gasteiger partial charge >= 0.3 is 18.1 Å². The van der Waals surface area contributed by atoms with Crippen molar-refractivity contribution >= 4 is 41.3 Å². The van der Waals surface area contributed by atoms with Crippen LogP contribution >= 0.6 is 0 Å². The first-order valence-electron chi connectivity index (χ1n) is 12.1. The Morgan fingerprint density at radius 2 is 1.73 bits per heavy atom. The Bertz CT molecular complexity index is 1210. The van der Waals surface area contributed by atoms with E-state index in [2.05, 4.69) is 15.5 Å². The van der Waals surface area contributed by atoms with E-state index in [1.165, 1.54) is 13.2 Å². The number of esters is 1. The Balaban J connectivity index is 0.000000559. The van der Waals surface area contributed by atoms with Crippen LogP contribution in [-0.4, -0.2) is 96.0 Å². The van der Waals surface area contributed by atoms with E-state index in [1.54, 1.807) is 0 Å². The van der Waals surface area contributed by atoms with E-state index in [-0.39, 0.29) is 41.5 Å². The van der Waals surface area contributed by atoms with Crippen molar-refractivity contribution in [1.29, 1.82) is 0 Å². The Kier molecular flexibility index (Phi) is 9.44. The molecule has 40 heavy (non-hydrogen) atoms. The summed E-state index contributed by atoms with van der Waals surface area (Å²) in [5.41, 5.74) is -0.160. The quantitative estimate of drug-likeness (QED) is 0.255. The number of fused-ring (bicyclic) bond motifs is 1. The minimum absolute atomic E-state index is 0.00987. The third-order valence-electron chi connectivity index (χ3n) is 6.65. The van der Waals surface area contributed by atoms with Crippen LogP contribution in [0.3, 0.4) is 0 Å². The summed E-state index contributed by atoms with van der Waals surface area (Å²) < 4.78 is 51.2. The number of carbonyl (C=O) groups excluding carboxylic acids is 5. The van der Waals surface area contributed by atoms with Crippen molar-refractivity contribution in [3.63, 3.8) is 0 Å². The molecule has 12 nitrogen and oxygen atoms in total. The van der Waals surface area contributed by atoms with Crippen molar-refractivity contribution in [3.8, 4) is 0 Å². The van der Waals surface area contributed by atoms with Gasteiger partial charge in [0.2, 0.25) is 11.8 Å². The highest BCUT2D eigenvalue weighted by Crippen LogP contribution is 2.34. The number of anilines is 1. The molecule has 1 aromatic carbocycles. The van der Waals surface area contributed by atoms with Crippen molar-refractivity contribution in [2.45, 2.75) is 37.9 Å². The van der Waals surface area contributed by atoms with Gasteiger partial charge < -0.3 is 20.1 Å². The van der Waals surface area contributed by atoms with Gasteiger partial charge in [-0.3, -0.25) is 34.2 Å². The number of rotatable bonds is 6. The number of amides is 4. The minimum Gasteiger partial charge on any atom is -0.475 e. The molecule has 0 bridgehead atoms. The zero-order valence-corrected chi connectivity index (χ0v) is 21.2. The van der Waals surface area contributed by atoms with Crippen LogP contribution in [0.1, 0.15) is 46.4 Å². The molecule has 3 heterocycles. The van der Waals surface area contributed by atoms with Gasteiger partial charge in [-0.25, -0.2) is 9.18 Å². The fourth-order valence-electron chi connectivity index (χ4n) is 4.60. The number of hydrogen-bond donors (Lipinski definition) is 3. The predicted octanol–water partition coefficient (Wildman–Crippen LogP) is 1.16. The maximum Gasteiger partial charge on any atom is 0.490 e. The maximum atomic E-state index is 14.7. The number of hydrogen-bond acceptors (Lipinski definition) is 9. The van der Waals surface area contributed by atoms with Gasteiger partial charge in [0.1, 0.15) is 11.9 Å². The summed E-state index contributed by atoms with van der Waals surface area (Å²) in [7, 11) is 1.37. The third kappa shape index (κ3) is 6.73. The van der Waals surface area contributed by atoms with Crippen LogP contribution in [0.15, 0.2) is 12.1 Å². The lowest BCUT2D eigenvalue weighted by Crippen LogP contribution is -2.54. The highest BCUT2D eigenvalue weighted by atomic mass is 19.4. The summed E-state index contributed by atoms with van der Waals surface area (Å²) >= 11 is 0. The maximum absolute atomic E-state index is 14.7. The van der Waals surface area contributed by atoms with Crippen LogP contribution in [0, 0.1) is 11.7 Å². The highest BCUT2D eigenvalue weighted by molar-refractivity contribution is 6.25. The molecule has 3 aliphatic rings. The number of ether oxygens (including phenoxy) is 1. The molecule has 1 unspecified atom stereocenters. The molecule has 0 saturated carbocycles. The minimum atomic E-state index is -5.08. The molecular weight excluding hydrogens is 548 g/mol. The van der Waals surface area contributed by atoms with Crippen molar-refractivity contribution in [2.24, 2.45) is 5.92 Å². The molecule has 0 aromatic heterocycles. The summed E-state index contributed by atoms with van der Waals surface area (Å²) in [4.78, 5) is 73.1. The molecule has 218 valence electrons. The van der Waals surface area contributed by atoms with Crippen LogP contribution in [0.25, 0.3) is 0 Å². The lowest BCUT2D eigenvalue weighted by atomic mass is 9.97. The fraction of sp³-hybridized carbons (Fsp3) is 0.500. The van der Waals surface area contributed by atoms with Gasteiger partial charge in [0.05, 0.1) is 29.8 Å². The number of benzene rings is 1. The van der Waals surface area contributed by atoms with Crippen LogP contribution in [0.2, 0.25) is 0 Å². The van der Waals surface area contributed by atoms with Gasteiger partial charge in [0.15, 0.2) is 0 Å². The summed E-state index contributed by atoms with van der Waals surface area (Å²) in [5, 5.41) is 12.2. The Hall–Kier alpha value is -4.08. The van der Waals surface area contributed by atoms with Crippen molar-refractivity contribution in [2.75, 3.05) is 38.6 Å². The number of carbonyl (C=O) groups is 6. The van der Waals surface area contributed by atoms with Crippen molar-refractivity contribution < 1.29 is 56.2 Å². The largest absolute Gasteiger partial charge is 0.490 e. The van der Waals surface area contributed by atoms with E-state index in [0.29, 0.717) is 39.0 Å². The summed E-state index contributed by atoms with van der Waals surface area (Å²) in [6.07, 6.45) is -3.69. The van der Waals surface area contributed by atoms with Gasteiger partial charge in [0, 0.05) is 19.5 Å². The highest BCUT2D eigenvalue weighted by Gasteiger charge is 2.46. The lowest BCUT2D eigenvalue weighted by Gasteiger charge is -2.30. The first-order chi connectivity index (χ1) is 18.8. The smallest absolute Gasteiger partial charge is 0.475 e. The second-order valence-corrected chi connectivity index (χ2v) is 9.16. The zero-order chi connectivity index (χ0) is 29.8. The number of carboxylic acids is 1. The second-order valence-electron chi connectivity index (χ2n) is 9.16. The van der Waals surface area contributed by atoms with E-state index >= 15 is 0 Å². The molecule has 4 rings (SSSR count). The van der Waals surface area contributed by atoms with E-state index in [1.807, 2.05) is 0 Å². The van der Waals surface area contributed by atoms with Crippen LogP contribution < -0.4 is 10.6 Å². The van der Waals surface area contributed by atoms with Gasteiger partial charge in [-0.15, -0.1) is 0 Å². The van der Waals surface area contributed by atoms with Crippen LogP contribution in [-0.2, 0) is 23.9 Å². The predicted molar refractivity (Wildman–Crippen MR) is 126 cm³/mol. The topological polar surface area (TPSA) is 162 Å². The number of imide groups is 2. The fourth-order valence-corrected chi connectivity index (χ4v) is 4.60. The Labute approximate surface area is 224 Å². The first-order valence-corrected chi connectivity index (χ1v) is 12.1. The molecule has 0 spiro atoms. The Morgan fingerprint density at radius 1 is 1.10 bits per heavy atom. The number of nitrogens with zero attached hydrogens (tertiary/aromatic N) is 2. The molecule has 2 saturated heterocycles. The average Bonchev–Trinajstić information content (AvgIpc) is 3.14. The molecule has 3 N–H and O–H groups in total. The number of alkyl halides is 3. The summed E-state index contributed by atoms with van der Waals surface area (Å²) in [5.74, 6) is -6.38. The molecule has 1 atom stereocenters. The second kappa shape index (κ2) is 12.4. The molecule has 3 aliphatic heterocycles. The lowest BCUT2D eigenvalue weighted by molar-refractivity contribution is -0.192. The van der Waals surface area contributed by atoms with Crippen LogP contribution in [0.4, 0.5) is 23.2 Å². The van der Waals surface area contributed by atoms with Gasteiger partial charge in [0.25, 0.3) is 11.8 Å². The van der Waals surface area contributed by atoms with E-state index in [4.69, 9.17) is 14.6 Å². The summed E-state index contributed by atoms with van der Waals surface area (Å²) in [6.45, 7) is 2.25. The third-order valence-corrected chi connectivity index (χ3v) is 6.65. The van der Waals surface area contributed by atoms with Gasteiger partial charge in [-0.1, -0.05) is 0 Å². The molecule has 16 heteroatoms.